The van der Waals surface area contributed by atoms with Gasteiger partial charge in [-0.05, 0) is 49.8 Å². The summed E-state index contributed by atoms with van der Waals surface area (Å²) in [6, 6.07) is 4.31. The van der Waals surface area contributed by atoms with Crippen molar-refractivity contribution in [3.05, 3.63) is 37.1 Å². The fraction of sp³-hybridized carbons (Fsp3) is 0.400. The van der Waals surface area contributed by atoms with Gasteiger partial charge in [0.25, 0.3) is 0 Å². The molecule has 0 aromatic carbocycles. The minimum atomic E-state index is -0.497. The number of aromatic amines is 1. The molecule has 4 aromatic rings. The van der Waals surface area contributed by atoms with Crippen LogP contribution in [0.25, 0.3) is 27.8 Å². The highest BCUT2D eigenvalue weighted by molar-refractivity contribution is 5.93. The highest BCUT2D eigenvalue weighted by atomic mass is 16.3. The molecule has 4 aromatic heterocycles. The monoisotopic (exact) mass is 377 g/mol. The Labute approximate surface area is 162 Å². The lowest BCUT2D eigenvalue weighted by Crippen LogP contribution is -2.38. The Morgan fingerprint density at radius 3 is 3.00 bits per heavy atom. The lowest BCUT2D eigenvalue weighted by Gasteiger charge is -2.35. The van der Waals surface area contributed by atoms with Crippen molar-refractivity contribution in [1.82, 2.24) is 29.5 Å². The van der Waals surface area contributed by atoms with E-state index in [1.54, 1.807) is 10.8 Å². The van der Waals surface area contributed by atoms with Gasteiger partial charge < -0.3 is 15.4 Å². The summed E-state index contributed by atoms with van der Waals surface area (Å²) in [5.74, 6) is 0.626. The number of fused-ring (bicyclic) bond motifs is 2. The zero-order valence-corrected chi connectivity index (χ0v) is 15.8. The van der Waals surface area contributed by atoms with E-state index in [0.717, 1.165) is 59.9 Å². The Morgan fingerprint density at radius 2 is 2.18 bits per heavy atom. The van der Waals surface area contributed by atoms with Crippen LogP contribution in [0, 0.1) is 0 Å². The fourth-order valence-electron chi connectivity index (χ4n) is 4.03. The minimum Gasteiger partial charge on any atom is -0.390 e. The molecule has 0 radical (unpaired) electrons. The second-order valence-corrected chi connectivity index (χ2v) is 7.63. The quantitative estimate of drug-likeness (QED) is 0.505. The summed E-state index contributed by atoms with van der Waals surface area (Å²) in [6.45, 7) is 2.05. The van der Waals surface area contributed by atoms with Crippen molar-refractivity contribution in [1.29, 1.82) is 0 Å². The highest BCUT2D eigenvalue weighted by Gasteiger charge is 2.31. The number of aliphatic hydroxyl groups is 1. The van der Waals surface area contributed by atoms with Crippen LogP contribution in [0.3, 0.4) is 0 Å². The lowest BCUT2D eigenvalue weighted by atomic mass is 9.80. The molecule has 0 aliphatic heterocycles. The minimum absolute atomic E-state index is 0.300. The Balaban J connectivity index is 1.38. The average molecular weight is 377 g/mol. The van der Waals surface area contributed by atoms with E-state index in [2.05, 4.69) is 37.3 Å². The fourth-order valence-corrected chi connectivity index (χ4v) is 4.03. The normalized spacial score (nSPS) is 22.7. The first-order chi connectivity index (χ1) is 13.6. The first kappa shape index (κ1) is 17.1. The van der Waals surface area contributed by atoms with Gasteiger partial charge in [0.1, 0.15) is 12.0 Å². The van der Waals surface area contributed by atoms with E-state index >= 15 is 0 Å². The van der Waals surface area contributed by atoms with Gasteiger partial charge in [0.2, 0.25) is 5.95 Å². The van der Waals surface area contributed by atoms with Crippen molar-refractivity contribution in [3.63, 3.8) is 0 Å². The van der Waals surface area contributed by atoms with Crippen LogP contribution in [-0.4, -0.2) is 46.3 Å². The van der Waals surface area contributed by atoms with Crippen molar-refractivity contribution in [2.24, 2.45) is 0 Å². The van der Waals surface area contributed by atoms with Crippen LogP contribution in [0.15, 0.2) is 37.1 Å². The van der Waals surface area contributed by atoms with Crippen LogP contribution in [0.5, 0.6) is 0 Å². The topological polar surface area (TPSA) is 104 Å². The summed E-state index contributed by atoms with van der Waals surface area (Å²) in [5, 5.41) is 18.9. The summed E-state index contributed by atoms with van der Waals surface area (Å²) in [5.41, 5.74) is 3.19. The summed E-state index contributed by atoms with van der Waals surface area (Å²) in [6.07, 6.45) is 11.6. The van der Waals surface area contributed by atoms with Crippen LogP contribution in [0.4, 0.5) is 5.95 Å². The van der Waals surface area contributed by atoms with Gasteiger partial charge in [0, 0.05) is 35.6 Å². The third kappa shape index (κ3) is 2.99. The molecule has 0 amide bonds. The van der Waals surface area contributed by atoms with E-state index < -0.39 is 5.60 Å². The SMILES string of the molecule is CC[C@]1(O)CC[C@@H](Nc2ncc3c(-c4ccn5ncnc5c4)c[nH]c3n2)CC1. The largest absolute Gasteiger partial charge is 0.390 e. The molecule has 4 heterocycles. The molecular formula is C20H23N7O. The van der Waals surface area contributed by atoms with E-state index in [4.69, 9.17) is 0 Å². The molecule has 1 aliphatic carbocycles. The highest BCUT2D eigenvalue weighted by Crippen LogP contribution is 2.32. The van der Waals surface area contributed by atoms with Crippen LogP contribution >= 0.6 is 0 Å². The zero-order chi connectivity index (χ0) is 19.1. The van der Waals surface area contributed by atoms with Crippen molar-refractivity contribution >= 4 is 22.6 Å². The maximum Gasteiger partial charge on any atom is 0.224 e. The smallest absolute Gasteiger partial charge is 0.224 e. The van der Waals surface area contributed by atoms with E-state index in [9.17, 15) is 5.11 Å². The molecule has 28 heavy (non-hydrogen) atoms. The molecule has 0 saturated heterocycles. The summed E-state index contributed by atoms with van der Waals surface area (Å²) < 4.78 is 1.74. The molecule has 0 spiro atoms. The number of hydrogen-bond donors (Lipinski definition) is 3. The summed E-state index contributed by atoms with van der Waals surface area (Å²) in [4.78, 5) is 16.7. The Kier molecular flexibility index (Phi) is 4.01. The van der Waals surface area contributed by atoms with Crippen molar-refractivity contribution < 1.29 is 5.11 Å². The van der Waals surface area contributed by atoms with Gasteiger partial charge in [0.15, 0.2) is 5.65 Å². The van der Waals surface area contributed by atoms with Crippen LogP contribution in [0.1, 0.15) is 39.0 Å². The van der Waals surface area contributed by atoms with E-state index in [1.165, 1.54) is 0 Å². The lowest BCUT2D eigenvalue weighted by molar-refractivity contribution is -0.00197. The molecule has 0 unspecified atom stereocenters. The van der Waals surface area contributed by atoms with Crippen LogP contribution in [-0.2, 0) is 0 Å². The molecule has 1 fully saturated rings. The Morgan fingerprint density at radius 1 is 1.32 bits per heavy atom. The average Bonchev–Trinajstić information content (AvgIpc) is 3.35. The van der Waals surface area contributed by atoms with E-state index in [0.29, 0.717) is 12.0 Å². The predicted molar refractivity (Wildman–Crippen MR) is 107 cm³/mol. The molecule has 5 rings (SSSR count). The summed E-state index contributed by atoms with van der Waals surface area (Å²) >= 11 is 0. The Hall–Kier alpha value is -3.00. The summed E-state index contributed by atoms with van der Waals surface area (Å²) in [7, 11) is 0. The van der Waals surface area contributed by atoms with Crippen molar-refractivity contribution in [2.75, 3.05) is 5.32 Å². The number of nitrogens with one attached hydrogen (secondary N) is 2. The molecule has 0 bridgehead atoms. The van der Waals surface area contributed by atoms with Gasteiger partial charge in [-0.1, -0.05) is 6.92 Å². The molecule has 1 aliphatic rings. The number of H-pyrrole nitrogens is 1. The third-order valence-electron chi connectivity index (χ3n) is 5.93. The maximum absolute atomic E-state index is 10.4. The number of pyridine rings is 1. The standard InChI is InChI=1S/C20H23N7O/c1-2-20(28)6-3-14(4-7-20)25-19-22-11-16-15(10-21-18(16)26-19)13-5-8-27-17(9-13)23-12-24-27/h5,8-12,14,28H,2-4,6-7H2,1H3,(H2,21,22,25,26)/t14-,20+. The van der Waals surface area contributed by atoms with Crippen LogP contribution < -0.4 is 5.32 Å². The second kappa shape index (κ2) is 6.56. The van der Waals surface area contributed by atoms with E-state index in [1.807, 2.05) is 30.7 Å². The molecule has 144 valence electrons. The van der Waals surface area contributed by atoms with Gasteiger partial charge in [0.05, 0.1) is 5.60 Å². The number of aromatic nitrogens is 6. The molecular weight excluding hydrogens is 354 g/mol. The zero-order valence-electron chi connectivity index (χ0n) is 15.8. The van der Waals surface area contributed by atoms with Crippen molar-refractivity contribution in [2.45, 2.75) is 50.7 Å². The van der Waals surface area contributed by atoms with Gasteiger partial charge in [-0.2, -0.15) is 10.1 Å². The molecule has 3 N–H and O–H groups in total. The number of hydrogen-bond acceptors (Lipinski definition) is 6. The molecule has 1 saturated carbocycles. The van der Waals surface area contributed by atoms with Gasteiger partial charge >= 0.3 is 0 Å². The van der Waals surface area contributed by atoms with E-state index in [-0.39, 0.29) is 0 Å². The first-order valence-electron chi connectivity index (χ1n) is 9.76. The number of anilines is 1. The van der Waals surface area contributed by atoms with Gasteiger partial charge in [-0.3, -0.25) is 0 Å². The van der Waals surface area contributed by atoms with Gasteiger partial charge in [-0.15, -0.1) is 0 Å². The number of rotatable bonds is 4. The van der Waals surface area contributed by atoms with Crippen LogP contribution in [0.2, 0.25) is 0 Å². The van der Waals surface area contributed by atoms with Gasteiger partial charge in [-0.25, -0.2) is 14.5 Å². The molecule has 8 heteroatoms. The predicted octanol–water partition coefficient (Wildman–Crippen LogP) is 3.16. The third-order valence-corrected chi connectivity index (χ3v) is 5.93. The molecule has 8 nitrogen and oxygen atoms in total. The van der Waals surface area contributed by atoms with Crippen molar-refractivity contribution in [3.8, 4) is 11.1 Å². The Bertz CT molecular complexity index is 1120. The number of nitrogens with zero attached hydrogens (tertiary/aromatic N) is 5. The molecule has 0 atom stereocenters. The maximum atomic E-state index is 10.4. The first-order valence-corrected chi connectivity index (χ1v) is 9.76. The second-order valence-electron chi connectivity index (χ2n) is 7.63.